The molecule has 0 spiro atoms. The number of carbonyl (C=O) groups is 3. The summed E-state index contributed by atoms with van der Waals surface area (Å²) in [6.07, 6.45) is 27.1. The van der Waals surface area contributed by atoms with Gasteiger partial charge in [-0.05, 0) is 43.2 Å². The van der Waals surface area contributed by atoms with Crippen LogP contribution in [0.25, 0.3) is 0 Å². The predicted octanol–water partition coefficient (Wildman–Crippen LogP) is 6.92. The van der Waals surface area contributed by atoms with Crippen molar-refractivity contribution in [3.63, 3.8) is 0 Å². The third-order valence-electron chi connectivity index (χ3n) is 7.78. The van der Waals surface area contributed by atoms with Crippen molar-refractivity contribution in [2.45, 2.75) is 136 Å². The number of hydrogen-bond acceptors (Lipinski definition) is 7. The van der Waals surface area contributed by atoms with Gasteiger partial charge in [0.25, 0.3) is 0 Å². The second-order valence-electron chi connectivity index (χ2n) is 12.0. The molecule has 0 bridgehead atoms. The number of Topliss-reactive ketones (excluding diaryl/α,β-unsaturated/α-hetero) is 1. The molecule has 7 nitrogen and oxygen atoms in total. The van der Waals surface area contributed by atoms with Gasteiger partial charge in [-0.3, -0.25) is 9.59 Å². The fraction of sp³-hybridized carbons (Fsp3) is 0.553. The molecule has 0 aliphatic rings. The lowest BCUT2D eigenvalue weighted by molar-refractivity contribution is -0.107. The summed E-state index contributed by atoms with van der Waals surface area (Å²) in [5.41, 5.74) is 1.92. The van der Waals surface area contributed by atoms with Crippen molar-refractivity contribution in [3.05, 3.63) is 71.8 Å². The molecule has 47 heavy (non-hydrogen) atoms. The number of allylic oxidation sites excluding steroid dienone is 2. The molecular formula is C38H60B2O7. The Bertz CT molecular complexity index is 1080. The van der Waals surface area contributed by atoms with Gasteiger partial charge in [0.15, 0.2) is 11.6 Å². The smallest absolute Gasteiger partial charge is 0.423 e. The van der Waals surface area contributed by atoms with Crippen LogP contribution in [0.5, 0.6) is 0 Å². The highest BCUT2D eigenvalue weighted by Gasteiger charge is 2.11. The molecule has 0 radical (unpaired) electrons. The number of unbranched alkanes of at least 4 members (excludes halogenated alkanes) is 16. The van der Waals surface area contributed by atoms with Crippen molar-refractivity contribution in [2.24, 2.45) is 0 Å². The van der Waals surface area contributed by atoms with Crippen LogP contribution in [0.4, 0.5) is 0 Å². The van der Waals surface area contributed by atoms with Crippen molar-refractivity contribution in [1.82, 2.24) is 0 Å². The summed E-state index contributed by atoms with van der Waals surface area (Å²) in [6, 6.07) is 12.5. The van der Waals surface area contributed by atoms with Gasteiger partial charge in [0.1, 0.15) is 6.29 Å². The van der Waals surface area contributed by atoms with Gasteiger partial charge >= 0.3 is 14.2 Å². The van der Waals surface area contributed by atoms with E-state index in [1.165, 1.54) is 109 Å². The van der Waals surface area contributed by atoms with E-state index in [1.54, 1.807) is 42.5 Å². The van der Waals surface area contributed by atoms with Crippen molar-refractivity contribution < 1.29 is 34.5 Å². The standard InChI is InChI=1S/C19H29BO3.C11H22O.C8H9BO3/c1-2-3-4-5-6-7-8-9-10-11-12-19(21)17-13-15-18(16-14-17)20(22)23;1-2-3-4-5-6-7-8-9-10-11-12;1-6(10)7-2-4-8(5-3-7)9(11)12/h11-16,22-23H,2-10H2,1H3;11H,2-10H2,1H3;2-5,11-12H,1H3/b12-11+;;. The third-order valence-corrected chi connectivity index (χ3v) is 7.78. The molecule has 0 atom stereocenters. The van der Waals surface area contributed by atoms with E-state index in [9.17, 15) is 14.4 Å². The van der Waals surface area contributed by atoms with Gasteiger partial charge in [-0.2, -0.15) is 0 Å². The average Bonchev–Trinajstić information content (AvgIpc) is 3.07. The van der Waals surface area contributed by atoms with Crippen molar-refractivity contribution in [3.8, 4) is 0 Å². The van der Waals surface area contributed by atoms with Crippen LogP contribution in [0.3, 0.4) is 0 Å². The molecule has 0 aliphatic heterocycles. The third kappa shape index (κ3) is 24.9. The number of aldehydes is 1. The largest absolute Gasteiger partial charge is 0.488 e. The van der Waals surface area contributed by atoms with Gasteiger partial charge in [-0.1, -0.05) is 158 Å². The minimum absolute atomic E-state index is 0.0334. The van der Waals surface area contributed by atoms with Crippen LogP contribution in [0.15, 0.2) is 60.7 Å². The van der Waals surface area contributed by atoms with E-state index in [-0.39, 0.29) is 11.6 Å². The van der Waals surface area contributed by atoms with Crippen LogP contribution < -0.4 is 10.9 Å². The van der Waals surface area contributed by atoms with Crippen LogP contribution in [-0.2, 0) is 4.79 Å². The summed E-state index contributed by atoms with van der Waals surface area (Å²) >= 11 is 0. The number of hydrogen-bond donors (Lipinski definition) is 4. The van der Waals surface area contributed by atoms with Crippen LogP contribution in [0.2, 0.25) is 0 Å². The zero-order valence-corrected chi connectivity index (χ0v) is 29.2. The van der Waals surface area contributed by atoms with Gasteiger partial charge in [0.2, 0.25) is 0 Å². The molecule has 0 amide bonds. The maximum absolute atomic E-state index is 11.9. The summed E-state index contributed by atoms with van der Waals surface area (Å²) < 4.78 is 0. The first-order valence-electron chi connectivity index (χ1n) is 17.7. The topological polar surface area (TPSA) is 132 Å². The Morgan fingerprint density at radius 2 is 0.915 bits per heavy atom. The SMILES string of the molecule is CC(=O)c1ccc(B(O)O)cc1.CCCCCCCCCC/C=C/C(=O)c1ccc(B(O)O)cc1.CCCCCCCCCCC=O. The first kappa shape index (κ1) is 44.2. The van der Waals surface area contributed by atoms with Crippen molar-refractivity contribution in [2.75, 3.05) is 0 Å². The quantitative estimate of drug-likeness (QED) is 0.0338. The Labute approximate surface area is 285 Å². The van der Waals surface area contributed by atoms with E-state index in [0.29, 0.717) is 22.1 Å². The second-order valence-corrected chi connectivity index (χ2v) is 12.0. The van der Waals surface area contributed by atoms with E-state index in [0.717, 1.165) is 32.0 Å². The minimum atomic E-state index is -1.49. The van der Waals surface area contributed by atoms with Crippen molar-refractivity contribution in [1.29, 1.82) is 0 Å². The van der Waals surface area contributed by atoms with Gasteiger partial charge in [0, 0.05) is 17.5 Å². The van der Waals surface area contributed by atoms with Crippen LogP contribution in [-0.4, -0.2) is 52.2 Å². The molecule has 0 unspecified atom stereocenters. The predicted molar refractivity (Wildman–Crippen MR) is 197 cm³/mol. The monoisotopic (exact) mass is 650 g/mol. The second kappa shape index (κ2) is 30.5. The van der Waals surface area contributed by atoms with E-state index in [4.69, 9.17) is 20.1 Å². The fourth-order valence-electron chi connectivity index (χ4n) is 4.75. The Balaban J connectivity index is 0.000000743. The zero-order chi connectivity index (χ0) is 35.1. The summed E-state index contributed by atoms with van der Waals surface area (Å²) in [5.74, 6) is -0.0717. The molecule has 260 valence electrons. The minimum Gasteiger partial charge on any atom is -0.423 e. The fourth-order valence-corrected chi connectivity index (χ4v) is 4.75. The molecule has 0 saturated heterocycles. The van der Waals surface area contributed by atoms with Gasteiger partial charge in [-0.25, -0.2) is 0 Å². The molecule has 2 aromatic rings. The van der Waals surface area contributed by atoms with Crippen LogP contribution in [0, 0.1) is 0 Å². The highest BCUT2D eigenvalue weighted by atomic mass is 16.4. The summed E-state index contributed by atoms with van der Waals surface area (Å²) in [7, 11) is -2.96. The number of ketones is 2. The summed E-state index contributed by atoms with van der Waals surface area (Å²) in [4.78, 5) is 32.7. The zero-order valence-electron chi connectivity index (χ0n) is 29.2. The highest BCUT2D eigenvalue weighted by Crippen LogP contribution is 2.11. The maximum atomic E-state index is 11.9. The molecule has 0 saturated carbocycles. The van der Waals surface area contributed by atoms with Crippen molar-refractivity contribution >= 4 is 43.0 Å². The molecule has 0 fully saturated rings. The molecule has 0 aliphatic carbocycles. The summed E-state index contributed by atoms with van der Waals surface area (Å²) in [6.45, 7) is 5.94. The number of rotatable bonds is 23. The molecule has 4 N–H and O–H groups in total. The van der Waals surface area contributed by atoms with Crippen LogP contribution >= 0.6 is 0 Å². The number of carbonyl (C=O) groups excluding carboxylic acids is 3. The molecule has 0 heterocycles. The van der Waals surface area contributed by atoms with E-state index in [2.05, 4.69) is 13.8 Å². The van der Waals surface area contributed by atoms with Gasteiger partial charge < -0.3 is 24.9 Å². The van der Waals surface area contributed by atoms with E-state index < -0.39 is 14.2 Å². The Morgan fingerprint density at radius 1 is 0.553 bits per heavy atom. The first-order valence-corrected chi connectivity index (χ1v) is 17.7. The van der Waals surface area contributed by atoms with Crippen LogP contribution in [0.1, 0.15) is 157 Å². The maximum Gasteiger partial charge on any atom is 0.488 e. The Kier molecular flexibility index (Phi) is 28.6. The molecule has 2 aromatic carbocycles. The first-order chi connectivity index (χ1) is 22.7. The lowest BCUT2D eigenvalue weighted by Crippen LogP contribution is -2.29. The average molecular weight is 651 g/mol. The Hall–Kier alpha value is -2.84. The lowest BCUT2D eigenvalue weighted by Gasteiger charge is -2.01. The lowest BCUT2D eigenvalue weighted by atomic mass is 9.80. The van der Waals surface area contributed by atoms with Gasteiger partial charge in [0.05, 0.1) is 0 Å². The number of benzene rings is 2. The van der Waals surface area contributed by atoms with E-state index >= 15 is 0 Å². The highest BCUT2D eigenvalue weighted by molar-refractivity contribution is 6.59. The molecule has 9 heteroatoms. The molecule has 0 aromatic heterocycles. The summed E-state index contributed by atoms with van der Waals surface area (Å²) in [5, 5.41) is 35.5. The molecular weight excluding hydrogens is 590 g/mol. The normalized spacial score (nSPS) is 10.4. The van der Waals surface area contributed by atoms with Gasteiger partial charge in [-0.15, -0.1) is 0 Å². The molecule has 2 rings (SSSR count). The Morgan fingerprint density at radius 3 is 1.28 bits per heavy atom. The van der Waals surface area contributed by atoms with E-state index in [1.807, 2.05) is 6.08 Å².